The van der Waals surface area contributed by atoms with Crippen LogP contribution in [0.4, 0.5) is 5.69 Å². The molecule has 0 aliphatic carbocycles. The minimum Gasteiger partial charge on any atom is -0.465 e. The molecular weight excluding hydrogens is 242 g/mol. The van der Waals surface area contributed by atoms with Crippen LogP contribution >= 0.6 is 0 Å². The van der Waals surface area contributed by atoms with E-state index < -0.39 is 5.97 Å². The fraction of sp³-hybridized carbons (Fsp3) is 0.200. The number of benzene rings is 1. The van der Waals surface area contributed by atoms with Crippen LogP contribution in [0.5, 0.6) is 0 Å². The molecule has 0 atom stereocenters. The van der Waals surface area contributed by atoms with Gasteiger partial charge in [0.1, 0.15) is 0 Å². The topological polar surface area (TPSA) is 55.4 Å². The van der Waals surface area contributed by atoms with Gasteiger partial charge in [0.2, 0.25) is 5.91 Å². The molecule has 0 radical (unpaired) electrons. The number of ether oxygens (including phenoxy) is 1. The van der Waals surface area contributed by atoms with Gasteiger partial charge in [-0.05, 0) is 31.5 Å². The molecule has 4 nitrogen and oxygen atoms in total. The predicted molar refractivity (Wildman–Crippen MR) is 75.1 cm³/mol. The summed E-state index contributed by atoms with van der Waals surface area (Å²) in [5.41, 5.74) is 1.72. The van der Waals surface area contributed by atoms with Crippen molar-refractivity contribution < 1.29 is 14.3 Å². The zero-order chi connectivity index (χ0) is 14.3. The number of methoxy groups -OCH3 is 1. The van der Waals surface area contributed by atoms with Crippen LogP contribution in [0.1, 0.15) is 22.8 Å². The highest BCUT2D eigenvalue weighted by Gasteiger charge is 2.12. The Morgan fingerprint density at radius 1 is 1.26 bits per heavy atom. The first kappa shape index (κ1) is 14.7. The number of anilines is 1. The first-order chi connectivity index (χ1) is 9.10. The highest BCUT2D eigenvalue weighted by molar-refractivity contribution is 6.01. The standard InChI is InChI=1S/C15H17NO3/c1-4-5-6-10-14(17)16-13-9-7-8-12(11(13)2)15(18)19-3/h4-10H,1-3H3,(H,16,17)/b5-4+,10-6+. The van der Waals surface area contributed by atoms with Crippen LogP contribution in [0, 0.1) is 6.92 Å². The monoisotopic (exact) mass is 259 g/mol. The molecule has 0 bridgehead atoms. The van der Waals surface area contributed by atoms with E-state index in [4.69, 9.17) is 0 Å². The van der Waals surface area contributed by atoms with Crippen molar-refractivity contribution in [3.8, 4) is 0 Å². The van der Waals surface area contributed by atoms with E-state index in [1.165, 1.54) is 13.2 Å². The van der Waals surface area contributed by atoms with Crippen LogP contribution in [0.3, 0.4) is 0 Å². The Kier molecular flexibility index (Phi) is 5.54. The van der Waals surface area contributed by atoms with Crippen LogP contribution in [-0.4, -0.2) is 19.0 Å². The maximum atomic E-state index is 11.6. The molecule has 0 unspecified atom stereocenters. The first-order valence-corrected chi connectivity index (χ1v) is 5.88. The Morgan fingerprint density at radius 2 is 2.00 bits per heavy atom. The van der Waals surface area contributed by atoms with Crippen molar-refractivity contribution in [2.45, 2.75) is 13.8 Å². The lowest BCUT2D eigenvalue weighted by Gasteiger charge is -2.09. The van der Waals surface area contributed by atoms with Gasteiger partial charge in [-0.2, -0.15) is 0 Å². The Bertz CT molecular complexity index is 530. The molecule has 0 aliphatic rings. The van der Waals surface area contributed by atoms with Gasteiger partial charge < -0.3 is 10.1 Å². The van der Waals surface area contributed by atoms with Gasteiger partial charge >= 0.3 is 5.97 Å². The number of allylic oxidation sites excluding steroid dienone is 3. The van der Waals surface area contributed by atoms with Crippen molar-refractivity contribution in [1.82, 2.24) is 0 Å². The first-order valence-electron chi connectivity index (χ1n) is 5.88. The number of carbonyl (C=O) groups excluding carboxylic acids is 2. The number of hydrogen-bond donors (Lipinski definition) is 1. The molecule has 1 rings (SSSR count). The molecule has 1 aromatic rings. The van der Waals surface area contributed by atoms with Crippen molar-refractivity contribution in [3.05, 3.63) is 53.6 Å². The Labute approximate surface area is 112 Å². The molecule has 0 saturated carbocycles. The van der Waals surface area contributed by atoms with Crippen molar-refractivity contribution in [3.63, 3.8) is 0 Å². The Hall–Kier alpha value is -2.36. The van der Waals surface area contributed by atoms with Crippen LogP contribution in [0.15, 0.2) is 42.5 Å². The SMILES string of the molecule is C/C=C/C=C/C(=O)Nc1cccc(C(=O)OC)c1C. The van der Waals surface area contributed by atoms with Gasteiger partial charge in [-0.1, -0.05) is 24.3 Å². The van der Waals surface area contributed by atoms with Gasteiger partial charge in [-0.25, -0.2) is 4.79 Å². The van der Waals surface area contributed by atoms with Crippen molar-refractivity contribution in [2.75, 3.05) is 12.4 Å². The van der Waals surface area contributed by atoms with Crippen molar-refractivity contribution >= 4 is 17.6 Å². The normalized spacial score (nSPS) is 10.9. The van der Waals surface area contributed by atoms with E-state index >= 15 is 0 Å². The summed E-state index contributed by atoms with van der Waals surface area (Å²) in [5.74, 6) is -0.665. The molecule has 1 amide bonds. The molecule has 0 aliphatic heterocycles. The van der Waals surface area contributed by atoms with E-state index in [0.29, 0.717) is 16.8 Å². The molecular formula is C15H17NO3. The minimum absolute atomic E-state index is 0.247. The lowest BCUT2D eigenvalue weighted by atomic mass is 10.1. The quantitative estimate of drug-likeness (QED) is 0.514. The maximum absolute atomic E-state index is 11.6. The summed E-state index contributed by atoms with van der Waals surface area (Å²) in [6.45, 7) is 3.63. The molecule has 0 heterocycles. The Morgan fingerprint density at radius 3 is 2.63 bits per heavy atom. The van der Waals surface area contributed by atoms with E-state index in [1.54, 1.807) is 37.3 Å². The van der Waals surface area contributed by atoms with E-state index in [1.807, 2.05) is 13.0 Å². The second-order valence-electron chi connectivity index (χ2n) is 3.84. The lowest BCUT2D eigenvalue weighted by Crippen LogP contribution is -2.11. The number of amides is 1. The van der Waals surface area contributed by atoms with Crippen LogP contribution in [-0.2, 0) is 9.53 Å². The molecule has 0 spiro atoms. The molecule has 1 aromatic carbocycles. The highest BCUT2D eigenvalue weighted by atomic mass is 16.5. The van der Waals surface area contributed by atoms with Crippen LogP contribution < -0.4 is 5.32 Å². The largest absolute Gasteiger partial charge is 0.465 e. The molecule has 0 aromatic heterocycles. The van der Waals surface area contributed by atoms with Crippen molar-refractivity contribution in [1.29, 1.82) is 0 Å². The summed E-state index contributed by atoms with van der Waals surface area (Å²) in [7, 11) is 1.33. The highest BCUT2D eigenvalue weighted by Crippen LogP contribution is 2.19. The summed E-state index contributed by atoms with van der Waals surface area (Å²) in [6, 6.07) is 5.10. The molecule has 19 heavy (non-hydrogen) atoms. The number of esters is 1. The zero-order valence-electron chi connectivity index (χ0n) is 11.3. The van der Waals surface area contributed by atoms with Crippen LogP contribution in [0.2, 0.25) is 0 Å². The van der Waals surface area contributed by atoms with Gasteiger partial charge in [0, 0.05) is 11.8 Å². The van der Waals surface area contributed by atoms with E-state index in [2.05, 4.69) is 10.1 Å². The van der Waals surface area contributed by atoms with Gasteiger partial charge in [0.05, 0.1) is 12.7 Å². The third-order valence-electron chi connectivity index (χ3n) is 2.55. The molecule has 0 fully saturated rings. The van der Waals surface area contributed by atoms with Crippen LogP contribution in [0.25, 0.3) is 0 Å². The fourth-order valence-electron chi connectivity index (χ4n) is 1.53. The lowest BCUT2D eigenvalue weighted by molar-refractivity contribution is -0.111. The fourth-order valence-corrected chi connectivity index (χ4v) is 1.53. The van der Waals surface area contributed by atoms with E-state index in [0.717, 1.165) is 0 Å². The second kappa shape index (κ2) is 7.16. The molecule has 100 valence electrons. The molecule has 1 N–H and O–H groups in total. The summed E-state index contributed by atoms with van der Waals surface area (Å²) in [6.07, 6.45) is 6.66. The minimum atomic E-state index is -0.418. The number of nitrogens with one attached hydrogen (secondary N) is 1. The number of hydrogen-bond acceptors (Lipinski definition) is 3. The van der Waals surface area contributed by atoms with Gasteiger partial charge in [0.25, 0.3) is 0 Å². The maximum Gasteiger partial charge on any atom is 0.338 e. The Balaban J connectivity index is 2.90. The van der Waals surface area contributed by atoms with Gasteiger partial charge in [-0.15, -0.1) is 0 Å². The summed E-state index contributed by atoms with van der Waals surface area (Å²) in [4.78, 5) is 23.2. The summed E-state index contributed by atoms with van der Waals surface area (Å²) in [5, 5.41) is 2.72. The zero-order valence-corrected chi connectivity index (χ0v) is 11.3. The summed E-state index contributed by atoms with van der Waals surface area (Å²) >= 11 is 0. The third kappa shape index (κ3) is 4.10. The average molecular weight is 259 g/mol. The molecule has 4 heteroatoms. The van der Waals surface area contributed by atoms with Gasteiger partial charge in [-0.3, -0.25) is 4.79 Å². The second-order valence-corrected chi connectivity index (χ2v) is 3.84. The number of carbonyl (C=O) groups is 2. The average Bonchev–Trinajstić information content (AvgIpc) is 2.40. The van der Waals surface area contributed by atoms with Gasteiger partial charge in [0.15, 0.2) is 0 Å². The summed E-state index contributed by atoms with van der Waals surface area (Å²) < 4.78 is 4.68. The van der Waals surface area contributed by atoms with E-state index in [-0.39, 0.29) is 5.91 Å². The van der Waals surface area contributed by atoms with Crippen molar-refractivity contribution in [2.24, 2.45) is 0 Å². The van der Waals surface area contributed by atoms with E-state index in [9.17, 15) is 9.59 Å². The molecule has 0 saturated heterocycles. The third-order valence-corrected chi connectivity index (χ3v) is 2.55. The number of rotatable bonds is 4. The predicted octanol–water partition coefficient (Wildman–Crippen LogP) is 2.85. The smallest absolute Gasteiger partial charge is 0.338 e.